The maximum atomic E-state index is 12.9. The van der Waals surface area contributed by atoms with Crippen molar-refractivity contribution in [3.8, 4) is 5.75 Å². The molecule has 8 heteroatoms. The van der Waals surface area contributed by atoms with Crippen molar-refractivity contribution in [1.82, 2.24) is 9.21 Å². The van der Waals surface area contributed by atoms with Crippen molar-refractivity contribution in [2.24, 2.45) is 5.92 Å². The van der Waals surface area contributed by atoms with Gasteiger partial charge in [0.15, 0.2) is 0 Å². The largest absolute Gasteiger partial charge is 0.496 e. The van der Waals surface area contributed by atoms with Gasteiger partial charge >= 0.3 is 0 Å². The maximum Gasteiger partial charge on any atom is 0.243 e. The van der Waals surface area contributed by atoms with Gasteiger partial charge in [0.1, 0.15) is 5.75 Å². The molecule has 156 valence electrons. The molecule has 0 aromatic heterocycles. The minimum Gasteiger partial charge on any atom is -0.496 e. The summed E-state index contributed by atoms with van der Waals surface area (Å²) in [4.78, 5) is 14.7. The second-order valence-electron chi connectivity index (χ2n) is 7.55. The molecule has 0 saturated carbocycles. The summed E-state index contributed by atoms with van der Waals surface area (Å²) < 4.78 is 37.9. The first kappa shape index (κ1) is 21.1. The van der Waals surface area contributed by atoms with E-state index in [2.05, 4.69) is 6.92 Å². The van der Waals surface area contributed by atoms with Gasteiger partial charge in [-0.3, -0.25) is 4.79 Å². The predicted molar refractivity (Wildman–Crippen MR) is 106 cm³/mol. The summed E-state index contributed by atoms with van der Waals surface area (Å²) in [6.45, 7) is 5.36. The Morgan fingerprint density at radius 1 is 1.18 bits per heavy atom. The Kier molecular flexibility index (Phi) is 6.95. The van der Waals surface area contributed by atoms with E-state index in [1.54, 1.807) is 25.3 Å². The molecule has 7 nitrogen and oxygen atoms in total. The molecule has 0 aliphatic carbocycles. The smallest absolute Gasteiger partial charge is 0.243 e. The molecule has 0 N–H and O–H groups in total. The van der Waals surface area contributed by atoms with Gasteiger partial charge in [-0.05, 0) is 48.9 Å². The molecule has 28 heavy (non-hydrogen) atoms. The Morgan fingerprint density at radius 3 is 2.50 bits per heavy atom. The van der Waals surface area contributed by atoms with E-state index >= 15 is 0 Å². The average Bonchev–Trinajstić information content (AvgIpc) is 2.73. The normalized spacial score (nSPS) is 19.6. The lowest BCUT2D eigenvalue weighted by Gasteiger charge is -2.30. The Morgan fingerprint density at radius 2 is 1.86 bits per heavy atom. The lowest BCUT2D eigenvalue weighted by molar-refractivity contribution is -0.132. The van der Waals surface area contributed by atoms with Crippen LogP contribution in [0.3, 0.4) is 0 Å². The fraction of sp³-hybridized carbons (Fsp3) is 0.650. The highest BCUT2D eigenvalue weighted by Gasteiger charge is 2.27. The van der Waals surface area contributed by atoms with Crippen molar-refractivity contribution in [2.45, 2.75) is 37.5 Å². The van der Waals surface area contributed by atoms with E-state index < -0.39 is 10.0 Å². The van der Waals surface area contributed by atoms with E-state index in [4.69, 9.17) is 9.47 Å². The van der Waals surface area contributed by atoms with Crippen LogP contribution in [0.25, 0.3) is 0 Å². The number of aryl methyl sites for hydroxylation is 1. The number of ether oxygens (including phenoxy) is 2. The number of methoxy groups -OCH3 is 1. The molecule has 1 aromatic rings. The molecule has 0 unspecified atom stereocenters. The minimum atomic E-state index is -3.57. The number of morpholine rings is 1. The van der Waals surface area contributed by atoms with E-state index in [9.17, 15) is 13.2 Å². The van der Waals surface area contributed by atoms with Crippen molar-refractivity contribution in [1.29, 1.82) is 0 Å². The number of carbonyl (C=O) groups is 1. The summed E-state index contributed by atoms with van der Waals surface area (Å²) in [6.07, 6.45) is 2.90. The number of hydrogen-bond acceptors (Lipinski definition) is 5. The third kappa shape index (κ3) is 4.85. The quantitative estimate of drug-likeness (QED) is 0.716. The van der Waals surface area contributed by atoms with Crippen molar-refractivity contribution in [3.05, 3.63) is 23.8 Å². The van der Waals surface area contributed by atoms with E-state index in [1.807, 2.05) is 4.90 Å². The molecule has 0 spiro atoms. The highest BCUT2D eigenvalue weighted by molar-refractivity contribution is 7.89. The molecule has 2 saturated heterocycles. The number of nitrogens with zero attached hydrogens (tertiary/aromatic N) is 2. The zero-order valence-electron chi connectivity index (χ0n) is 16.7. The topological polar surface area (TPSA) is 76.1 Å². The zero-order chi connectivity index (χ0) is 20.1. The molecule has 2 aliphatic heterocycles. The van der Waals surface area contributed by atoms with Crippen LogP contribution in [0.2, 0.25) is 0 Å². The van der Waals surface area contributed by atoms with Crippen LogP contribution in [0.1, 0.15) is 31.7 Å². The first-order valence-electron chi connectivity index (χ1n) is 9.94. The fourth-order valence-corrected chi connectivity index (χ4v) is 5.16. The van der Waals surface area contributed by atoms with E-state index in [-0.39, 0.29) is 10.8 Å². The van der Waals surface area contributed by atoms with Crippen LogP contribution in [0.5, 0.6) is 5.75 Å². The lowest BCUT2D eigenvalue weighted by Crippen LogP contribution is -2.40. The Labute approximate surface area is 167 Å². The van der Waals surface area contributed by atoms with E-state index in [1.165, 1.54) is 4.31 Å². The molecule has 0 atom stereocenters. The minimum absolute atomic E-state index is 0.121. The number of piperidine rings is 1. The third-order valence-corrected chi connectivity index (χ3v) is 7.50. The van der Waals surface area contributed by atoms with Crippen LogP contribution < -0.4 is 4.74 Å². The van der Waals surface area contributed by atoms with E-state index in [0.717, 1.165) is 31.5 Å². The van der Waals surface area contributed by atoms with Crippen LogP contribution in [-0.4, -0.2) is 70.0 Å². The molecule has 1 aromatic carbocycles. The van der Waals surface area contributed by atoms with Crippen molar-refractivity contribution >= 4 is 15.9 Å². The molecule has 2 fully saturated rings. The molecule has 0 bridgehead atoms. The summed E-state index contributed by atoms with van der Waals surface area (Å²) in [5.41, 5.74) is 0.746. The second-order valence-corrected chi connectivity index (χ2v) is 9.49. The van der Waals surface area contributed by atoms with Crippen molar-refractivity contribution in [3.63, 3.8) is 0 Å². The van der Waals surface area contributed by atoms with Crippen LogP contribution in [0.15, 0.2) is 23.1 Å². The van der Waals surface area contributed by atoms with Crippen LogP contribution in [-0.2, 0) is 26.0 Å². The van der Waals surface area contributed by atoms with Crippen LogP contribution in [0.4, 0.5) is 0 Å². The second kappa shape index (κ2) is 9.24. The number of benzene rings is 1. The molecular formula is C20H30N2O5S. The fourth-order valence-electron chi connectivity index (χ4n) is 3.70. The number of amides is 1. The standard InChI is InChI=1S/C20H30N2O5S/c1-16-7-9-21(10-8-16)20(23)6-3-17-15-18(4-5-19(17)26-2)28(24,25)22-11-13-27-14-12-22/h4-5,15-16H,3,6-14H2,1-2H3. The molecular weight excluding hydrogens is 380 g/mol. The van der Waals surface area contributed by atoms with Crippen LogP contribution >= 0.6 is 0 Å². The van der Waals surface area contributed by atoms with Gasteiger partial charge in [-0.25, -0.2) is 8.42 Å². The summed E-state index contributed by atoms with van der Waals surface area (Å²) in [6, 6.07) is 4.89. The zero-order valence-corrected chi connectivity index (χ0v) is 17.5. The highest BCUT2D eigenvalue weighted by Crippen LogP contribution is 2.26. The summed E-state index contributed by atoms with van der Waals surface area (Å²) in [5.74, 6) is 1.41. The average molecular weight is 411 g/mol. The predicted octanol–water partition coefficient (Wildman–Crippen LogP) is 1.91. The van der Waals surface area contributed by atoms with Gasteiger partial charge in [-0.1, -0.05) is 6.92 Å². The first-order valence-corrected chi connectivity index (χ1v) is 11.4. The van der Waals surface area contributed by atoms with E-state index in [0.29, 0.717) is 50.8 Å². The monoisotopic (exact) mass is 410 g/mol. The molecule has 3 rings (SSSR count). The highest BCUT2D eigenvalue weighted by atomic mass is 32.2. The van der Waals surface area contributed by atoms with Gasteiger partial charge in [0, 0.05) is 32.6 Å². The van der Waals surface area contributed by atoms with Crippen molar-refractivity contribution in [2.75, 3.05) is 46.5 Å². The maximum absolute atomic E-state index is 12.9. The Hall–Kier alpha value is -1.64. The number of sulfonamides is 1. The van der Waals surface area contributed by atoms with Gasteiger partial charge in [0.25, 0.3) is 0 Å². The third-order valence-electron chi connectivity index (χ3n) is 5.60. The summed E-state index contributed by atoms with van der Waals surface area (Å²) >= 11 is 0. The number of hydrogen-bond donors (Lipinski definition) is 0. The first-order chi connectivity index (χ1) is 13.4. The van der Waals surface area contributed by atoms with Gasteiger partial charge in [0.05, 0.1) is 25.2 Å². The molecule has 1 amide bonds. The SMILES string of the molecule is COc1ccc(S(=O)(=O)N2CCOCC2)cc1CCC(=O)N1CCC(C)CC1. The van der Waals surface area contributed by atoms with Gasteiger partial charge in [-0.2, -0.15) is 4.31 Å². The van der Waals surface area contributed by atoms with Gasteiger partial charge in [-0.15, -0.1) is 0 Å². The molecule has 0 radical (unpaired) electrons. The van der Waals surface area contributed by atoms with Gasteiger partial charge < -0.3 is 14.4 Å². The molecule has 2 aliphatic rings. The molecule has 2 heterocycles. The van der Waals surface area contributed by atoms with Crippen LogP contribution in [0, 0.1) is 5.92 Å². The lowest BCUT2D eigenvalue weighted by atomic mass is 9.98. The van der Waals surface area contributed by atoms with Crippen molar-refractivity contribution < 1.29 is 22.7 Å². The number of likely N-dealkylation sites (tertiary alicyclic amines) is 1. The Balaban J connectivity index is 1.71. The number of carbonyl (C=O) groups excluding carboxylic acids is 1. The Bertz CT molecular complexity index is 782. The summed E-state index contributed by atoms with van der Waals surface area (Å²) in [5, 5.41) is 0. The van der Waals surface area contributed by atoms with Gasteiger partial charge in [0.2, 0.25) is 15.9 Å². The summed E-state index contributed by atoms with van der Waals surface area (Å²) in [7, 11) is -2.01. The number of rotatable bonds is 6.